The van der Waals surface area contributed by atoms with E-state index in [0.717, 1.165) is 12.1 Å². The number of amides is 1. The van der Waals surface area contributed by atoms with E-state index in [1.54, 1.807) is 20.8 Å². The molecule has 0 aliphatic heterocycles. The van der Waals surface area contributed by atoms with E-state index in [-0.39, 0.29) is 37.0 Å². The zero-order valence-corrected chi connectivity index (χ0v) is 14.3. The molecule has 0 aliphatic rings. The van der Waals surface area contributed by atoms with Crippen LogP contribution in [0, 0.1) is 5.82 Å². The number of benzene rings is 1. The van der Waals surface area contributed by atoms with Crippen LogP contribution in [0.3, 0.4) is 0 Å². The van der Waals surface area contributed by atoms with Crippen molar-refractivity contribution in [2.75, 3.05) is 11.9 Å². The fourth-order valence-corrected chi connectivity index (χ4v) is 3.12. The van der Waals surface area contributed by atoms with Gasteiger partial charge in [-0.25, -0.2) is 17.5 Å². The lowest BCUT2D eigenvalue weighted by molar-refractivity contribution is -0.116. The summed E-state index contributed by atoms with van der Waals surface area (Å²) >= 11 is 0. The van der Waals surface area contributed by atoms with Crippen LogP contribution in [0.4, 0.5) is 10.1 Å². The number of rotatable bonds is 5. The topological polar surface area (TPSA) is 101 Å². The fourth-order valence-electron chi connectivity index (χ4n) is 1.60. The largest absolute Gasteiger partial charge is 0.330 e. The molecule has 0 heterocycles. The highest BCUT2D eigenvalue weighted by Crippen LogP contribution is 2.21. The maximum Gasteiger partial charge on any atom is 0.244 e. The summed E-state index contributed by atoms with van der Waals surface area (Å²) in [5, 5.41) is 2.47. The van der Waals surface area contributed by atoms with Crippen LogP contribution < -0.4 is 15.8 Å². The average molecular weight is 354 g/mol. The molecule has 1 aromatic carbocycles. The quantitative estimate of drug-likeness (QED) is 0.748. The van der Waals surface area contributed by atoms with Crippen LogP contribution >= 0.6 is 12.4 Å². The molecule has 0 fully saturated rings. The molecule has 1 amide bonds. The third kappa shape index (κ3) is 6.27. The van der Waals surface area contributed by atoms with E-state index in [0.29, 0.717) is 0 Å². The van der Waals surface area contributed by atoms with Crippen molar-refractivity contribution >= 4 is 34.0 Å². The van der Waals surface area contributed by atoms with E-state index < -0.39 is 26.3 Å². The first-order valence-corrected chi connectivity index (χ1v) is 7.87. The Morgan fingerprint density at radius 3 is 2.41 bits per heavy atom. The van der Waals surface area contributed by atoms with Gasteiger partial charge in [-0.05, 0) is 39.0 Å². The molecular weight excluding hydrogens is 333 g/mol. The Hall–Kier alpha value is -1.22. The smallest absolute Gasteiger partial charge is 0.244 e. The Morgan fingerprint density at radius 1 is 1.32 bits per heavy atom. The van der Waals surface area contributed by atoms with E-state index in [1.165, 1.54) is 6.07 Å². The summed E-state index contributed by atoms with van der Waals surface area (Å²) < 4.78 is 40.4. The van der Waals surface area contributed by atoms with Crippen molar-refractivity contribution in [3.63, 3.8) is 0 Å². The number of anilines is 1. The van der Waals surface area contributed by atoms with Gasteiger partial charge in [0.15, 0.2) is 0 Å². The Morgan fingerprint density at radius 2 is 1.91 bits per heavy atom. The van der Waals surface area contributed by atoms with Gasteiger partial charge in [0.05, 0.1) is 0 Å². The molecule has 0 saturated carbocycles. The molecule has 6 nitrogen and oxygen atoms in total. The number of halogens is 2. The van der Waals surface area contributed by atoms with Gasteiger partial charge in [-0.2, -0.15) is 0 Å². The van der Waals surface area contributed by atoms with Crippen LogP contribution in [-0.4, -0.2) is 26.4 Å². The molecular formula is C13H21ClFN3O3S. The normalized spacial score (nSPS) is 11.7. The van der Waals surface area contributed by atoms with Gasteiger partial charge in [-0.15, -0.1) is 12.4 Å². The highest BCUT2D eigenvalue weighted by atomic mass is 35.5. The van der Waals surface area contributed by atoms with Gasteiger partial charge in [-0.1, -0.05) is 0 Å². The van der Waals surface area contributed by atoms with E-state index in [9.17, 15) is 17.6 Å². The molecule has 4 N–H and O–H groups in total. The van der Waals surface area contributed by atoms with Gasteiger partial charge in [-0.3, -0.25) is 4.79 Å². The molecule has 22 heavy (non-hydrogen) atoms. The van der Waals surface area contributed by atoms with Crippen LogP contribution in [0.2, 0.25) is 0 Å². The van der Waals surface area contributed by atoms with Gasteiger partial charge >= 0.3 is 0 Å². The number of carbonyl (C=O) groups is 1. The van der Waals surface area contributed by atoms with Crippen molar-refractivity contribution in [1.82, 2.24) is 4.72 Å². The Bertz CT molecular complexity index is 630. The minimum Gasteiger partial charge on any atom is -0.330 e. The first kappa shape index (κ1) is 20.8. The number of nitrogens with two attached hydrogens (primary N) is 1. The second-order valence-electron chi connectivity index (χ2n) is 5.59. The molecule has 0 unspecified atom stereocenters. The second kappa shape index (κ2) is 7.87. The van der Waals surface area contributed by atoms with Gasteiger partial charge in [0.25, 0.3) is 0 Å². The molecule has 0 atom stereocenters. The van der Waals surface area contributed by atoms with Crippen molar-refractivity contribution in [3.05, 3.63) is 24.0 Å². The first-order valence-electron chi connectivity index (χ1n) is 6.38. The van der Waals surface area contributed by atoms with Crippen LogP contribution in [0.15, 0.2) is 23.1 Å². The molecule has 9 heteroatoms. The summed E-state index contributed by atoms with van der Waals surface area (Å²) in [5.41, 5.74) is 4.70. The minimum absolute atomic E-state index is 0. The summed E-state index contributed by atoms with van der Waals surface area (Å²) in [4.78, 5) is 10.9. The zero-order chi connectivity index (χ0) is 16.3. The van der Waals surface area contributed by atoms with Crippen molar-refractivity contribution < 1.29 is 17.6 Å². The number of nitrogens with one attached hydrogen (secondary N) is 2. The Labute approximate surface area is 136 Å². The predicted octanol–water partition coefficient (Wildman–Crippen LogP) is 1.61. The lowest BCUT2D eigenvalue weighted by atomic mass is 10.1. The number of hydrogen-bond acceptors (Lipinski definition) is 4. The first-order chi connectivity index (χ1) is 9.55. The summed E-state index contributed by atoms with van der Waals surface area (Å²) in [6.07, 6.45) is 0.0969. The van der Waals surface area contributed by atoms with Crippen molar-refractivity contribution in [2.24, 2.45) is 5.73 Å². The second-order valence-corrected chi connectivity index (χ2v) is 7.24. The third-order valence-corrected chi connectivity index (χ3v) is 4.09. The highest BCUT2D eigenvalue weighted by Gasteiger charge is 2.25. The molecule has 1 rings (SSSR count). The SMILES string of the molecule is CC(C)(C)NS(=O)(=O)c1cc(NC(=O)CCN)ccc1F.Cl. The standard InChI is InChI=1S/C13H20FN3O3S.ClH/c1-13(2,3)17-21(19,20)11-8-9(4-5-10(11)14)16-12(18)6-7-15;/h4-5,8,17H,6-7,15H2,1-3H3,(H,16,18);1H. The van der Waals surface area contributed by atoms with E-state index in [2.05, 4.69) is 10.0 Å². The lowest BCUT2D eigenvalue weighted by Gasteiger charge is -2.20. The van der Waals surface area contributed by atoms with E-state index in [4.69, 9.17) is 5.73 Å². The predicted molar refractivity (Wildman–Crippen MR) is 86.0 cm³/mol. The van der Waals surface area contributed by atoms with Gasteiger partial charge in [0.1, 0.15) is 10.7 Å². The van der Waals surface area contributed by atoms with Crippen molar-refractivity contribution in [1.29, 1.82) is 0 Å². The minimum atomic E-state index is -4.02. The molecule has 0 radical (unpaired) electrons. The Balaban J connectivity index is 0.00000441. The molecule has 126 valence electrons. The van der Waals surface area contributed by atoms with Crippen molar-refractivity contribution in [3.8, 4) is 0 Å². The molecule has 0 bridgehead atoms. The van der Waals surface area contributed by atoms with Crippen LogP contribution in [-0.2, 0) is 14.8 Å². The number of hydrogen-bond donors (Lipinski definition) is 3. The lowest BCUT2D eigenvalue weighted by Crippen LogP contribution is -2.40. The number of carbonyl (C=O) groups excluding carboxylic acids is 1. The van der Waals surface area contributed by atoms with Crippen LogP contribution in [0.5, 0.6) is 0 Å². The maximum atomic E-state index is 13.8. The molecule has 0 saturated heterocycles. The van der Waals surface area contributed by atoms with E-state index >= 15 is 0 Å². The van der Waals surface area contributed by atoms with Crippen molar-refractivity contribution in [2.45, 2.75) is 37.6 Å². The monoisotopic (exact) mass is 353 g/mol. The molecule has 0 spiro atoms. The number of sulfonamides is 1. The van der Waals surface area contributed by atoms with Gasteiger partial charge in [0, 0.05) is 24.2 Å². The van der Waals surface area contributed by atoms with Gasteiger partial charge in [0.2, 0.25) is 15.9 Å². The average Bonchev–Trinajstić information content (AvgIpc) is 2.28. The van der Waals surface area contributed by atoms with Crippen LogP contribution in [0.25, 0.3) is 0 Å². The van der Waals surface area contributed by atoms with E-state index in [1.807, 2.05) is 0 Å². The molecule has 0 aliphatic carbocycles. The molecule has 1 aromatic rings. The highest BCUT2D eigenvalue weighted by molar-refractivity contribution is 7.89. The molecule has 0 aromatic heterocycles. The third-order valence-electron chi connectivity index (χ3n) is 2.32. The maximum absolute atomic E-state index is 13.8. The summed E-state index contributed by atoms with van der Waals surface area (Å²) in [7, 11) is -4.02. The fraction of sp³-hybridized carbons (Fsp3) is 0.462. The summed E-state index contributed by atoms with van der Waals surface area (Å²) in [6, 6.07) is 3.37. The Kier molecular flexibility index (Phi) is 7.43. The van der Waals surface area contributed by atoms with Crippen LogP contribution in [0.1, 0.15) is 27.2 Å². The zero-order valence-electron chi connectivity index (χ0n) is 12.6. The summed E-state index contributed by atoms with van der Waals surface area (Å²) in [6.45, 7) is 5.11. The summed E-state index contributed by atoms with van der Waals surface area (Å²) in [5.74, 6) is -1.25. The van der Waals surface area contributed by atoms with Gasteiger partial charge < -0.3 is 11.1 Å².